The van der Waals surface area contributed by atoms with E-state index < -0.39 is 6.04 Å². The van der Waals surface area contributed by atoms with Gasteiger partial charge in [-0.25, -0.2) is 0 Å². The molecule has 4 aromatic carbocycles. The van der Waals surface area contributed by atoms with E-state index in [1.807, 2.05) is 19.1 Å². The van der Waals surface area contributed by atoms with Gasteiger partial charge in [-0.15, -0.1) is 0 Å². The van der Waals surface area contributed by atoms with Crippen LogP contribution in [-0.2, 0) is 0 Å². The van der Waals surface area contributed by atoms with Gasteiger partial charge in [0.2, 0.25) is 0 Å². The van der Waals surface area contributed by atoms with E-state index in [-0.39, 0.29) is 5.78 Å². The van der Waals surface area contributed by atoms with Crippen molar-refractivity contribution in [1.29, 1.82) is 0 Å². The second-order valence-corrected chi connectivity index (χ2v) is 5.85. The van der Waals surface area contributed by atoms with Crippen LogP contribution in [0.2, 0.25) is 0 Å². The minimum Gasteiger partial charge on any atom is -0.321 e. The second-order valence-electron chi connectivity index (χ2n) is 5.85. The van der Waals surface area contributed by atoms with Crippen LogP contribution in [0.25, 0.3) is 32.3 Å². The Bertz CT molecular complexity index is 987. The van der Waals surface area contributed by atoms with Crippen LogP contribution in [0.4, 0.5) is 0 Å². The summed E-state index contributed by atoms with van der Waals surface area (Å²) in [4.78, 5) is 12.6. The van der Waals surface area contributed by atoms with Gasteiger partial charge in [0.15, 0.2) is 5.78 Å². The molecule has 0 radical (unpaired) electrons. The van der Waals surface area contributed by atoms with Crippen molar-refractivity contribution in [1.82, 2.24) is 0 Å². The summed E-state index contributed by atoms with van der Waals surface area (Å²) >= 11 is 0. The second kappa shape index (κ2) is 4.79. The van der Waals surface area contributed by atoms with Crippen LogP contribution in [0.1, 0.15) is 23.7 Å². The molecule has 0 saturated carbocycles. The van der Waals surface area contributed by atoms with Crippen LogP contribution in [0.3, 0.4) is 0 Å². The number of Topliss-reactive ketones (excluding diaryl/α,β-unsaturated/α-hetero) is 1. The number of hydrogen-bond acceptors (Lipinski definition) is 2. The lowest BCUT2D eigenvalue weighted by atomic mass is 9.89. The third-order valence-corrected chi connectivity index (χ3v) is 4.57. The highest BCUT2D eigenvalue weighted by molar-refractivity contribution is 6.26. The highest BCUT2D eigenvalue weighted by Crippen LogP contribution is 2.36. The van der Waals surface area contributed by atoms with E-state index in [0.29, 0.717) is 6.42 Å². The van der Waals surface area contributed by atoms with Crippen LogP contribution in [0.5, 0.6) is 0 Å². The van der Waals surface area contributed by atoms with Crippen LogP contribution < -0.4 is 5.73 Å². The van der Waals surface area contributed by atoms with Gasteiger partial charge in [0.05, 0.1) is 6.04 Å². The molecule has 0 aliphatic heterocycles. The molecule has 0 aromatic heterocycles. The van der Waals surface area contributed by atoms with Crippen LogP contribution in [0, 0.1) is 0 Å². The largest absolute Gasteiger partial charge is 0.321 e. The first-order valence-corrected chi connectivity index (χ1v) is 7.67. The van der Waals surface area contributed by atoms with Crippen LogP contribution >= 0.6 is 0 Å². The smallest absolute Gasteiger partial charge is 0.180 e. The quantitative estimate of drug-likeness (QED) is 0.445. The minimum absolute atomic E-state index is 0.0282. The Morgan fingerprint density at radius 3 is 2.18 bits per heavy atom. The first-order valence-electron chi connectivity index (χ1n) is 7.67. The third kappa shape index (κ3) is 1.74. The summed E-state index contributed by atoms with van der Waals surface area (Å²) < 4.78 is 0. The molecule has 0 aliphatic carbocycles. The molecule has 4 rings (SSSR count). The number of nitrogens with two attached hydrogens (primary N) is 1. The Hall–Kier alpha value is -2.45. The molecule has 0 fully saturated rings. The average Bonchev–Trinajstić information content (AvgIpc) is 2.58. The molecule has 0 bridgehead atoms. The molecule has 1 atom stereocenters. The molecule has 0 saturated heterocycles. The van der Waals surface area contributed by atoms with E-state index in [2.05, 4.69) is 42.5 Å². The molecule has 4 aromatic rings. The van der Waals surface area contributed by atoms with Crippen LogP contribution in [-0.4, -0.2) is 11.8 Å². The van der Waals surface area contributed by atoms with E-state index in [1.54, 1.807) is 0 Å². The average molecular weight is 287 g/mol. The molecular formula is C20H17NO. The van der Waals surface area contributed by atoms with Crippen molar-refractivity contribution in [3.8, 4) is 0 Å². The van der Waals surface area contributed by atoms with Crippen molar-refractivity contribution < 1.29 is 4.79 Å². The maximum atomic E-state index is 12.6. The zero-order valence-corrected chi connectivity index (χ0v) is 12.5. The van der Waals surface area contributed by atoms with E-state index in [9.17, 15) is 4.79 Å². The lowest BCUT2D eigenvalue weighted by Gasteiger charge is -2.15. The molecule has 2 heteroatoms. The summed E-state index contributed by atoms with van der Waals surface area (Å²) in [6, 6.07) is 18.2. The fraction of sp³-hybridized carbons (Fsp3) is 0.150. The summed E-state index contributed by atoms with van der Waals surface area (Å²) in [5.74, 6) is 0.0282. The van der Waals surface area contributed by atoms with Gasteiger partial charge in [-0.1, -0.05) is 61.5 Å². The van der Waals surface area contributed by atoms with E-state index >= 15 is 0 Å². The van der Waals surface area contributed by atoms with Crippen molar-refractivity contribution in [3.05, 3.63) is 60.2 Å². The molecule has 108 valence electrons. The van der Waals surface area contributed by atoms with Gasteiger partial charge in [0, 0.05) is 5.56 Å². The van der Waals surface area contributed by atoms with Crippen molar-refractivity contribution in [2.75, 3.05) is 0 Å². The van der Waals surface area contributed by atoms with E-state index in [0.717, 1.165) is 10.9 Å². The predicted octanol–water partition coefficient (Wildman–Crippen LogP) is 4.50. The fourth-order valence-corrected chi connectivity index (χ4v) is 3.34. The molecule has 1 unspecified atom stereocenters. The lowest BCUT2D eigenvalue weighted by Crippen LogP contribution is -2.29. The number of carbonyl (C=O) groups excluding carboxylic acids is 1. The molecule has 22 heavy (non-hydrogen) atoms. The van der Waals surface area contributed by atoms with E-state index in [1.165, 1.54) is 26.9 Å². The van der Waals surface area contributed by atoms with Crippen molar-refractivity contribution in [3.63, 3.8) is 0 Å². The molecule has 0 aliphatic rings. The Labute approximate surface area is 128 Å². The van der Waals surface area contributed by atoms with Gasteiger partial charge >= 0.3 is 0 Å². The Kier molecular flexibility index (Phi) is 2.88. The predicted molar refractivity (Wildman–Crippen MR) is 92.7 cm³/mol. The van der Waals surface area contributed by atoms with Crippen molar-refractivity contribution in [2.45, 2.75) is 19.4 Å². The summed E-state index contributed by atoms with van der Waals surface area (Å²) in [6.07, 6.45) is 0.654. The molecule has 2 nitrogen and oxygen atoms in total. The summed E-state index contributed by atoms with van der Waals surface area (Å²) in [7, 11) is 0. The van der Waals surface area contributed by atoms with Gasteiger partial charge in [-0.3, -0.25) is 4.79 Å². The molecule has 0 heterocycles. The standard InChI is InChI=1S/C20H17NO/c1-2-17(21)20(22)16-11-9-14-7-6-12-4-3-5-13-8-10-15(16)19(14)18(12)13/h3-11,17H,2,21H2,1H3. The number of ketones is 1. The molecule has 2 N–H and O–H groups in total. The van der Waals surface area contributed by atoms with Gasteiger partial charge in [0.1, 0.15) is 0 Å². The molecule has 0 spiro atoms. The zero-order chi connectivity index (χ0) is 15.3. The topological polar surface area (TPSA) is 43.1 Å². The van der Waals surface area contributed by atoms with Crippen LogP contribution in [0.15, 0.2) is 54.6 Å². The Morgan fingerprint density at radius 1 is 0.909 bits per heavy atom. The third-order valence-electron chi connectivity index (χ3n) is 4.57. The first-order chi connectivity index (χ1) is 10.7. The maximum Gasteiger partial charge on any atom is 0.180 e. The summed E-state index contributed by atoms with van der Waals surface area (Å²) in [5, 5.41) is 7.00. The van der Waals surface area contributed by atoms with Gasteiger partial charge in [-0.05, 0) is 38.7 Å². The van der Waals surface area contributed by atoms with Crippen molar-refractivity contribution >= 4 is 38.1 Å². The Balaban J connectivity index is 2.15. The number of hydrogen-bond donors (Lipinski definition) is 1. The SMILES string of the molecule is CCC(N)C(=O)c1ccc2ccc3cccc4ccc1c2c34. The summed E-state index contributed by atoms with van der Waals surface area (Å²) in [6.45, 7) is 1.94. The lowest BCUT2D eigenvalue weighted by molar-refractivity contribution is 0.0961. The van der Waals surface area contributed by atoms with E-state index in [4.69, 9.17) is 5.73 Å². The molecule has 0 amide bonds. The number of rotatable bonds is 3. The zero-order valence-electron chi connectivity index (χ0n) is 12.5. The summed E-state index contributed by atoms with van der Waals surface area (Å²) in [5.41, 5.74) is 6.71. The highest BCUT2D eigenvalue weighted by Gasteiger charge is 2.18. The molecular weight excluding hydrogens is 270 g/mol. The minimum atomic E-state index is -0.432. The maximum absolute atomic E-state index is 12.6. The normalized spacial score (nSPS) is 13.2. The van der Waals surface area contributed by atoms with Gasteiger partial charge in [0.25, 0.3) is 0 Å². The highest BCUT2D eigenvalue weighted by atomic mass is 16.1. The van der Waals surface area contributed by atoms with Gasteiger partial charge in [-0.2, -0.15) is 0 Å². The number of carbonyl (C=O) groups is 1. The van der Waals surface area contributed by atoms with Crippen molar-refractivity contribution in [2.24, 2.45) is 5.73 Å². The monoisotopic (exact) mass is 287 g/mol. The fourth-order valence-electron chi connectivity index (χ4n) is 3.34. The van der Waals surface area contributed by atoms with Gasteiger partial charge < -0.3 is 5.73 Å². The first kappa shape index (κ1) is 13.2. The Morgan fingerprint density at radius 2 is 1.50 bits per heavy atom. The number of benzene rings is 4.